The molecular weight excluding hydrogens is 415 g/mol. The SMILES string of the molecule is CC1(C)CC([P+](c2ccccc2)(c2ccccc2)c2ccccc2)=NN1.[Br-]. The van der Waals surface area contributed by atoms with Crippen LogP contribution in [0.1, 0.15) is 20.3 Å². The first-order valence-corrected chi connectivity index (χ1v) is 10.8. The third kappa shape index (κ3) is 3.59. The number of nitrogens with one attached hydrogen (secondary N) is 1. The standard InChI is InChI=1S/C23H24N2P.BrH/c1-23(2)18-22(24-25-23)26(19-12-6-3-7-13-19,20-14-8-4-9-15-20)21-16-10-5-11-17-21;/h3-17,25H,18H2,1-2H3;1H/q+1;/p-1. The van der Waals surface area contributed by atoms with Gasteiger partial charge in [0, 0.05) is 0 Å². The van der Waals surface area contributed by atoms with E-state index in [2.05, 4.69) is 110 Å². The van der Waals surface area contributed by atoms with E-state index in [0.29, 0.717) is 0 Å². The fourth-order valence-electron chi connectivity index (χ4n) is 3.73. The van der Waals surface area contributed by atoms with Gasteiger partial charge in [-0.25, -0.2) is 0 Å². The van der Waals surface area contributed by atoms with Crippen molar-refractivity contribution in [1.82, 2.24) is 5.43 Å². The number of hydrazone groups is 1. The molecule has 2 nitrogen and oxygen atoms in total. The smallest absolute Gasteiger partial charge is 0.194 e. The van der Waals surface area contributed by atoms with E-state index in [1.807, 2.05) is 0 Å². The Morgan fingerprint density at radius 1 is 0.704 bits per heavy atom. The molecule has 3 aromatic rings. The molecule has 0 saturated carbocycles. The van der Waals surface area contributed by atoms with Crippen molar-refractivity contribution in [2.45, 2.75) is 25.8 Å². The summed E-state index contributed by atoms with van der Waals surface area (Å²) in [7, 11) is -1.99. The van der Waals surface area contributed by atoms with Gasteiger partial charge in [0.25, 0.3) is 0 Å². The summed E-state index contributed by atoms with van der Waals surface area (Å²) in [6.07, 6.45) is 0.944. The Hall–Kier alpha value is -1.96. The van der Waals surface area contributed by atoms with Crippen LogP contribution in [0.4, 0.5) is 0 Å². The Morgan fingerprint density at radius 3 is 1.37 bits per heavy atom. The summed E-state index contributed by atoms with van der Waals surface area (Å²) >= 11 is 0. The molecule has 0 radical (unpaired) electrons. The van der Waals surface area contributed by atoms with Crippen LogP contribution in [0, 0.1) is 0 Å². The van der Waals surface area contributed by atoms with Crippen LogP contribution in [0.5, 0.6) is 0 Å². The van der Waals surface area contributed by atoms with Crippen molar-refractivity contribution in [2.75, 3.05) is 0 Å². The highest BCUT2D eigenvalue weighted by atomic mass is 79.9. The zero-order chi connectivity index (χ0) is 18.0. The summed E-state index contributed by atoms with van der Waals surface area (Å²) in [5, 5.41) is 8.98. The molecule has 0 saturated heterocycles. The average molecular weight is 439 g/mol. The summed E-state index contributed by atoms with van der Waals surface area (Å²) < 4.78 is 0. The summed E-state index contributed by atoms with van der Waals surface area (Å²) in [5.74, 6) is 0. The molecule has 1 aliphatic heterocycles. The van der Waals surface area contributed by atoms with Crippen molar-refractivity contribution in [3.8, 4) is 0 Å². The molecule has 1 heterocycles. The van der Waals surface area contributed by atoms with E-state index in [1.54, 1.807) is 0 Å². The highest BCUT2D eigenvalue weighted by Gasteiger charge is 2.54. The molecule has 138 valence electrons. The molecule has 4 rings (SSSR count). The van der Waals surface area contributed by atoms with E-state index in [4.69, 9.17) is 5.10 Å². The van der Waals surface area contributed by atoms with E-state index in [-0.39, 0.29) is 22.5 Å². The Bertz CT molecular complexity index is 812. The van der Waals surface area contributed by atoms with Crippen LogP contribution in [0.3, 0.4) is 0 Å². The first-order valence-electron chi connectivity index (χ1n) is 9.03. The molecule has 4 heteroatoms. The highest BCUT2D eigenvalue weighted by Crippen LogP contribution is 2.59. The number of rotatable bonds is 4. The summed E-state index contributed by atoms with van der Waals surface area (Å²) in [4.78, 5) is 0. The normalized spacial score (nSPS) is 15.4. The fraction of sp³-hybridized carbons (Fsp3) is 0.174. The zero-order valence-electron chi connectivity index (χ0n) is 15.6. The van der Waals surface area contributed by atoms with Crippen LogP contribution in [0.15, 0.2) is 96.1 Å². The van der Waals surface area contributed by atoms with Crippen LogP contribution in [0.2, 0.25) is 0 Å². The molecule has 3 aromatic carbocycles. The molecule has 1 N–H and O–H groups in total. The molecule has 0 atom stereocenters. The van der Waals surface area contributed by atoms with Crippen LogP contribution in [0.25, 0.3) is 0 Å². The lowest BCUT2D eigenvalue weighted by Crippen LogP contribution is -3.00. The zero-order valence-corrected chi connectivity index (χ0v) is 18.1. The van der Waals surface area contributed by atoms with Crippen molar-refractivity contribution in [3.63, 3.8) is 0 Å². The molecular formula is C23H24BrN2P. The van der Waals surface area contributed by atoms with Crippen LogP contribution < -0.4 is 38.3 Å². The first kappa shape index (κ1) is 19.8. The number of hydrogen-bond donors (Lipinski definition) is 1. The van der Waals surface area contributed by atoms with Crippen LogP contribution in [-0.2, 0) is 0 Å². The summed E-state index contributed by atoms with van der Waals surface area (Å²) in [6.45, 7) is 4.44. The van der Waals surface area contributed by atoms with Gasteiger partial charge in [-0.15, -0.1) is 5.10 Å². The fourth-order valence-corrected chi connectivity index (χ4v) is 8.21. The largest absolute Gasteiger partial charge is 1.00 e. The number of nitrogens with zero attached hydrogens (tertiary/aromatic N) is 1. The Morgan fingerprint density at radius 2 is 1.07 bits per heavy atom. The molecule has 0 unspecified atom stereocenters. The van der Waals surface area contributed by atoms with E-state index in [0.717, 1.165) is 6.42 Å². The summed E-state index contributed by atoms with van der Waals surface area (Å²) in [6, 6.07) is 32.7. The lowest BCUT2D eigenvalue weighted by Gasteiger charge is -2.27. The van der Waals surface area contributed by atoms with Gasteiger partial charge in [-0.05, 0) is 50.2 Å². The van der Waals surface area contributed by atoms with Crippen LogP contribution >= 0.6 is 7.26 Å². The van der Waals surface area contributed by atoms with Gasteiger partial charge in [-0.1, -0.05) is 54.6 Å². The molecule has 0 spiro atoms. The number of benzene rings is 3. The monoisotopic (exact) mass is 438 g/mol. The van der Waals surface area contributed by atoms with Gasteiger partial charge in [0.05, 0.1) is 12.0 Å². The van der Waals surface area contributed by atoms with Gasteiger partial charge in [0.2, 0.25) is 0 Å². The lowest BCUT2D eigenvalue weighted by molar-refractivity contribution is -0.00000567. The maximum Gasteiger partial charge on any atom is 0.194 e. The van der Waals surface area contributed by atoms with Crippen molar-refractivity contribution >= 4 is 28.6 Å². The molecule has 0 fully saturated rings. The van der Waals surface area contributed by atoms with Gasteiger partial charge in [0.15, 0.2) is 12.7 Å². The Labute approximate surface area is 172 Å². The van der Waals surface area contributed by atoms with E-state index >= 15 is 0 Å². The predicted molar refractivity (Wildman–Crippen MR) is 114 cm³/mol. The first-order chi connectivity index (χ1) is 12.6. The van der Waals surface area contributed by atoms with Crippen molar-refractivity contribution in [3.05, 3.63) is 91.0 Å². The second-order valence-electron chi connectivity index (χ2n) is 7.38. The van der Waals surface area contributed by atoms with Gasteiger partial charge >= 0.3 is 0 Å². The second-order valence-corrected chi connectivity index (χ2v) is 10.8. The van der Waals surface area contributed by atoms with Crippen LogP contribution in [-0.4, -0.2) is 11.0 Å². The molecule has 27 heavy (non-hydrogen) atoms. The maximum absolute atomic E-state index is 4.91. The predicted octanol–water partition coefficient (Wildman–Crippen LogP) is 1.07. The molecule has 0 aromatic heterocycles. The van der Waals surface area contributed by atoms with E-state index in [9.17, 15) is 0 Å². The van der Waals surface area contributed by atoms with E-state index < -0.39 is 7.26 Å². The Kier molecular flexibility index (Phi) is 5.83. The van der Waals surface area contributed by atoms with E-state index in [1.165, 1.54) is 21.4 Å². The number of halogens is 1. The van der Waals surface area contributed by atoms with Gasteiger partial charge in [0.1, 0.15) is 15.9 Å². The summed E-state index contributed by atoms with van der Waals surface area (Å²) in [5.41, 5.74) is 4.63. The van der Waals surface area contributed by atoms with Crippen molar-refractivity contribution in [1.29, 1.82) is 0 Å². The Balaban J connectivity index is 0.00000210. The minimum atomic E-state index is -1.99. The minimum Gasteiger partial charge on any atom is -1.00 e. The van der Waals surface area contributed by atoms with Crippen molar-refractivity contribution in [2.24, 2.45) is 5.10 Å². The third-order valence-electron chi connectivity index (χ3n) is 4.91. The quantitative estimate of drug-likeness (QED) is 0.605. The van der Waals surface area contributed by atoms with Gasteiger partial charge < -0.3 is 22.4 Å². The second kappa shape index (κ2) is 7.96. The third-order valence-corrected chi connectivity index (χ3v) is 9.16. The number of hydrogen-bond acceptors (Lipinski definition) is 2. The van der Waals surface area contributed by atoms with Gasteiger partial charge in [-0.3, -0.25) is 0 Å². The topological polar surface area (TPSA) is 24.4 Å². The maximum atomic E-state index is 4.91. The lowest BCUT2D eigenvalue weighted by atomic mass is 10.0. The molecule has 1 aliphatic rings. The molecule has 0 aliphatic carbocycles. The minimum absolute atomic E-state index is 0. The van der Waals surface area contributed by atoms with Crippen molar-refractivity contribution < 1.29 is 17.0 Å². The molecule has 0 bridgehead atoms. The molecule has 0 amide bonds. The highest BCUT2D eigenvalue weighted by molar-refractivity contribution is 8.08. The van der Waals surface area contributed by atoms with Gasteiger partial charge in [-0.2, -0.15) is 0 Å². The average Bonchev–Trinajstić information content (AvgIpc) is 3.05.